The lowest BCUT2D eigenvalue weighted by molar-refractivity contribution is 0.523. The summed E-state index contributed by atoms with van der Waals surface area (Å²) in [6.07, 6.45) is 2.19. The summed E-state index contributed by atoms with van der Waals surface area (Å²) in [6, 6.07) is 13.1. The number of anilines is 2. The molecule has 4 rings (SSSR count). The summed E-state index contributed by atoms with van der Waals surface area (Å²) in [4.78, 5) is 16.0. The quantitative estimate of drug-likeness (QED) is 0.775. The van der Waals surface area contributed by atoms with Crippen LogP contribution in [0.2, 0.25) is 0 Å². The van der Waals surface area contributed by atoms with Crippen molar-refractivity contribution in [2.75, 3.05) is 23.3 Å². The van der Waals surface area contributed by atoms with Gasteiger partial charge in [0.1, 0.15) is 11.6 Å². The molecule has 1 N–H and O–H groups in total. The molecule has 3 aromatic rings. The molecular formula is C21H25N5. The Morgan fingerprint density at radius 1 is 0.923 bits per heavy atom. The number of hydrogen-bond donors (Lipinski definition) is 1. The van der Waals surface area contributed by atoms with Gasteiger partial charge in [-0.15, -0.1) is 0 Å². The highest BCUT2D eigenvalue weighted by Crippen LogP contribution is 2.26. The highest BCUT2D eigenvalue weighted by Gasteiger charge is 2.21. The van der Waals surface area contributed by atoms with Crippen LogP contribution in [0.4, 0.5) is 11.5 Å². The molecule has 1 aromatic carbocycles. The number of nitrogens with zero attached hydrogens (tertiary/aromatic N) is 4. The van der Waals surface area contributed by atoms with E-state index in [0.717, 1.165) is 54.5 Å². The van der Waals surface area contributed by atoms with Gasteiger partial charge in [-0.2, -0.15) is 0 Å². The molecule has 0 spiro atoms. The summed E-state index contributed by atoms with van der Waals surface area (Å²) < 4.78 is 0. The number of aryl methyl sites for hydroxylation is 3. The zero-order valence-electron chi connectivity index (χ0n) is 15.7. The third-order valence-corrected chi connectivity index (χ3v) is 4.98. The third kappa shape index (κ3) is 3.47. The Hall–Kier alpha value is -2.69. The average Bonchev–Trinajstić information content (AvgIpc) is 2.61. The Labute approximate surface area is 154 Å². The van der Waals surface area contributed by atoms with Crippen molar-refractivity contribution in [2.24, 2.45) is 0 Å². The van der Waals surface area contributed by atoms with E-state index in [1.807, 2.05) is 19.9 Å². The number of pyridine rings is 1. The molecule has 5 heteroatoms. The lowest BCUT2D eigenvalue weighted by Crippen LogP contribution is -2.39. The molecule has 0 radical (unpaired) electrons. The molecule has 1 fully saturated rings. The lowest BCUT2D eigenvalue weighted by atomic mass is 10.0. The maximum atomic E-state index is 4.64. The summed E-state index contributed by atoms with van der Waals surface area (Å²) >= 11 is 0. The van der Waals surface area contributed by atoms with Crippen molar-refractivity contribution in [2.45, 2.75) is 39.7 Å². The van der Waals surface area contributed by atoms with Crippen LogP contribution >= 0.6 is 0 Å². The highest BCUT2D eigenvalue weighted by atomic mass is 15.2. The smallest absolute Gasteiger partial charge is 0.132 e. The van der Waals surface area contributed by atoms with Crippen molar-refractivity contribution >= 4 is 22.4 Å². The Kier molecular flexibility index (Phi) is 4.45. The van der Waals surface area contributed by atoms with Gasteiger partial charge in [0, 0.05) is 47.7 Å². The van der Waals surface area contributed by atoms with Crippen LogP contribution in [0, 0.1) is 20.8 Å². The van der Waals surface area contributed by atoms with Crippen LogP contribution in [0.1, 0.15) is 30.1 Å². The Morgan fingerprint density at radius 2 is 1.65 bits per heavy atom. The van der Waals surface area contributed by atoms with E-state index in [4.69, 9.17) is 0 Å². The minimum absolute atomic E-state index is 0.473. The van der Waals surface area contributed by atoms with Crippen LogP contribution in [0.5, 0.6) is 0 Å². The molecule has 1 saturated heterocycles. The number of piperidine rings is 1. The number of nitrogens with one attached hydrogen (secondary N) is 1. The van der Waals surface area contributed by atoms with Crippen LogP contribution in [0.3, 0.4) is 0 Å². The van der Waals surface area contributed by atoms with E-state index in [-0.39, 0.29) is 0 Å². The monoisotopic (exact) mass is 347 g/mol. The summed E-state index contributed by atoms with van der Waals surface area (Å²) in [5, 5.41) is 4.96. The molecule has 26 heavy (non-hydrogen) atoms. The van der Waals surface area contributed by atoms with Gasteiger partial charge in [0.15, 0.2) is 0 Å². The fourth-order valence-electron chi connectivity index (χ4n) is 3.76. The Bertz CT molecular complexity index is 909. The van der Waals surface area contributed by atoms with Crippen LogP contribution < -0.4 is 10.2 Å². The van der Waals surface area contributed by atoms with Crippen molar-refractivity contribution in [1.82, 2.24) is 15.0 Å². The van der Waals surface area contributed by atoms with Crippen LogP contribution in [-0.2, 0) is 0 Å². The number of hydrogen-bond acceptors (Lipinski definition) is 5. The standard InChI is InChI=1S/C21H25N5/c1-14-12-20(18-6-4-5-7-19(18)23-14)25-17-8-10-26(11-9-17)21-13-15(2)22-16(3)24-21/h4-7,12-13,17H,8-11H2,1-3H3,(H,23,25). The second-order valence-corrected chi connectivity index (χ2v) is 7.15. The molecule has 1 aliphatic rings. The molecule has 0 unspecified atom stereocenters. The maximum absolute atomic E-state index is 4.64. The second kappa shape index (κ2) is 6.90. The van der Waals surface area contributed by atoms with Gasteiger partial charge in [-0.3, -0.25) is 4.98 Å². The third-order valence-electron chi connectivity index (χ3n) is 4.98. The van der Waals surface area contributed by atoms with E-state index in [0.29, 0.717) is 6.04 Å². The first-order valence-corrected chi connectivity index (χ1v) is 9.28. The van der Waals surface area contributed by atoms with Crippen LogP contribution in [0.15, 0.2) is 36.4 Å². The summed E-state index contributed by atoms with van der Waals surface area (Å²) in [7, 11) is 0. The lowest BCUT2D eigenvalue weighted by Gasteiger charge is -2.34. The summed E-state index contributed by atoms with van der Waals surface area (Å²) in [5.74, 6) is 1.90. The molecule has 3 heterocycles. The molecule has 2 aromatic heterocycles. The molecule has 0 aliphatic carbocycles. The highest BCUT2D eigenvalue weighted by molar-refractivity contribution is 5.91. The molecular weight excluding hydrogens is 322 g/mol. The van der Waals surface area contributed by atoms with E-state index in [9.17, 15) is 0 Å². The van der Waals surface area contributed by atoms with Gasteiger partial charge in [0.05, 0.1) is 5.52 Å². The van der Waals surface area contributed by atoms with E-state index >= 15 is 0 Å². The number of fused-ring (bicyclic) bond motifs is 1. The predicted octanol–water partition coefficient (Wildman–Crippen LogP) is 4.03. The fourth-order valence-corrected chi connectivity index (χ4v) is 3.76. The van der Waals surface area contributed by atoms with Crippen LogP contribution in [0.25, 0.3) is 10.9 Å². The zero-order chi connectivity index (χ0) is 18.1. The Balaban J connectivity index is 1.48. The molecule has 0 amide bonds. The number of aromatic nitrogens is 3. The van der Waals surface area contributed by atoms with Crippen LogP contribution in [-0.4, -0.2) is 34.1 Å². The van der Waals surface area contributed by atoms with Crippen molar-refractivity contribution in [3.63, 3.8) is 0 Å². The SMILES string of the molecule is Cc1cc(N2CCC(Nc3cc(C)nc4ccccc34)CC2)nc(C)n1. The number of benzene rings is 1. The zero-order valence-corrected chi connectivity index (χ0v) is 15.7. The fraction of sp³-hybridized carbons (Fsp3) is 0.381. The van der Waals surface area contributed by atoms with Crippen molar-refractivity contribution in [1.29, 1.82) is 0 Å². The molecule has 5 nitrogen and oxygen atoms in total. The van der Waals surface area contributed by atoms with E-state index in [1.165, 1.54) is 11.1 Å². The molecule has 0 bridgehead atoms. The van der Waals surface area contributed by atoms with Gasteiger partial charge in [-0.05, 0) is 45.7 Å². The first-order valence-electron chi connectivity index (χ1n) is 9.28. The van der Waals surface area contributed by atoms with Crippen molar-refractivity contribution < 1.29 is 0 Å². The topological polar surface area (TPSA) is 53.9 Å². The average molecular weight is 347 g/mol. The maximum Gasteiger partial charge on any atom is 0.132 e. The van der Waals surface area contributed by atoms with Gasteiger partial charge in [-0.25, -0.2) is 9.97 Å². The van der Waals surface area contributed by atoms with Crippen molar-refractivity contribution in [3.8, 4) is 0 Å². The molecule has 0 atom stereocenters. The normalized spacial score (nSPS) is 15.4. The van der Waals surface area contributed by atoms with Crippen molar-refractivity contribution in [3.05, 3.63) is 53.6 Å². The summed E-state index contributed by atoms with van der Waals surface area (Å²) in [6.45, 7) is 8.07. The van der Waals surface area contributed by atoms with Gasteiger partial charge in [0.2, 0.25) is 0 Å². The van der Waals surface area contributed by atoms with E-state index in [2.05, 4.69) is 62.4 Å². The number of para-hydroxylation sites is 1. The number of rotatable bonds is 3. The van der Waals surface area contributed by atoms with Gasteiger partial charge in [-0.1, -0.05) is 18.2 Å². The molecule has 0 saturated carbocycles. The minimum atomic E-state index is 0.473. The van der Waals surface area contributed by atoms with Gasteiger partial charge in [0.25, 0.3) is 0 Å². The van der Waals surface area contributed by atoms with Gasteiger partial charge < -0.3 is 10.2 Å². The molecule has 134 valence electrons. The first-order chi connectivity index (χ1) is 12.6. The predicted molar refractivity (Wildman–Crippen MR) is 107 cm³/mol. The van der Waals surface area contributed by atoms with E-state index < -0.39 is 0 Å². The summed E-state index contributed by atoms with van der Waals surface area (Å²) in [5.41, 5.74) is 4.33. The van der Waals surface area contributed by atoms with Gasteiger partial charge >= 0.3 is 0 Å². The molecule has 1 aliphatic heterocycles. The minimum Gasteiger partial charge on any atom is -0.382 e. The largest absolute Gasteiger partial charge is 0.382 e. The van der Waals surface area contributed by atoms with E-state index in [1.54, 1.807) is 0 Å². The second-order valence-electron chi connectivity index (χ2n) is 7.15. The first kappa shape index (κ1) is 16.8. The Morgan fingerprint density at radius 3 is 2.42 bits per heavy atom.